The first-order valence-corrected chi connectivity index (χ1v) is 7.48. The topological polar surface area (TPSA) is 75.3 Å². The summed E-state index contributed by atoms with van der Waals surface area (Å²) in [6.45, 7) is 0. The second kappa shape index (κ2) is 5.40. The molecule has 3 rings (SSSR count). The van der Waals surface area contributed by atoms with Crippen molar-refractivity contribution in [2.45, 2.75) is 5.92 Å². The van der Waals surface area contributed by atoms with Crippen molar-refractivity contribution in [1.82, 2.24) is 20.2 Å². The van der Waals surface area contributed by atoms with Gasteiger partial charge in [0.2, 0.25) is 5.28 Å². The van der Waals surface area contributed by atoms with Gasteiger partial charge in [0.25, 0.3) is 0 Å². The Kier molecular flexibility index (Phi) is 3.61. The Morgan fingerprint density at radius 1 is 1.25 bits per heavy atom. The summed E-state index contributed by atoms with van der Waals surface area (Å²) in [7, 11) is 0. The lowest BCUT2D eigenvalue weighted by Crippen LogP contribution is -2.05. The minimum atomic E-state index is -0.630. The minimum absolute atomic E-state index is 0.00422. The average molecular weight is 367 g/mol. The third-order valence-electron chi connectivity index (χ3n) is 2.60. The molecule has 5 nitrogen and oxygen atoms in total. The van der Waals surface area contributed by atoms with Crippen LogP contribution in [0, 0.1) is 11.3 Å². The van der Waals surface area contributed by atoms with Gasteiger partial charge < -0.3 is 0 Å². The van der Waals surface area contributed by atoms with Crippen LogP contribution < -0.4 is 0 Å². The summed E-state index contributed by atoms with van der Waals surface area (Å²) in [5, 5.41) is 17.5. The molecule has 1 aromatic carbocycles. The van der Waals surface area contributed by atoms with Crippen molar-refractivity contribution < 1.29 is 0 Å². The van der Waals surface area contributed by atoms with E-state index >= 15 is 0 Å². The van der Waals surface area contributed by atoms with E-state index in [2.05, 4.69) is 42.2 Å². The Labute approximate surface area is 131 Å². The number of nitrogens with zero attached hydrogens (tertiary/aromatic N) is 5. The van der Waals surface area contributed by atoms with Gasteiger partial charge >= 0.3 is 0 Å². The zero-order valence-electron chi connectivity index (χ0n) is 9.79. The predicted molar refractivity (Wildman–Crippen MR) is 79.6 cm³/mol. The zero-order valence-corrected chi connectivity index (χ0v) is 12.9. The molecule has 0 N–H and O–H groups in total. The van der Waals surface area contributed by atoms with E-state index in [1.165, 1.54) is 11.3 Å². The molecule has 3 aromatic rings. The van der Waals surface area contributed by atoms with Gasteiger partial charge in [0.15, 0.2) is 4.60 Å². The van der Waals surface area contributed by atoms with Crippen LogP contribution in [-0.2, 0) is 0 Å². The smallest absolute Gasteiger partial charge is 0.239 e. The van der Waals surface area contributed by atoms with Crippen molar-refractivity contribution in [1.29, 1.82) is 5.26 Å². The molecule has 0 saturated carbocycles. The highest BCUT2D eigenvalue weighted by Gasteiger charge is 2.23. The molecule has 0 radical (unpaired) electrons. The van der Waals surface area contributed by atoms with Gasteiger partial charge in [0, 0.05) is 0 Å². The van der Waals surface area contributed by atoms with Gasteiger partial charge in [-0.3, -0.25) is 0 Å². The number of para-hydroxylation sites is 1. The van der Waals surface area contributed by atoms with E-state index in [1.807, 2.05) is 24.3 Å². The first-order chi connectivity index (χ1) is 9.69. The highest BCUT2D eigenvalue weighted by Crippen LogP contribution is 2.33. The van der Waals surface area contributed by atoms with E-state index in [-0.39, 0.29) is 5.28 Å². The third kappa shape index (κ3) is 2.38. The second-order valence-electron chi connectivity index (χ2n) is 3.84. The lowest BCUT2D eigenvalue weighted by atomic mass is 10.1. The molecule has 0 saturated heterocycles. The summed E-state index contributed by atoms with van der Waals surface area (Å²) in [4.78, 5) is 8.55. The van der Waals surface area contributed by atoms with Crippen molar-refractivity contribution in [2.24, 2.45) is 0 Å². The first kappa shape index (κ1) is 13.4. The molecule has 98 valence electrons. The van der Waals surface area contributed by atoms with Gasteiger partial charge in [-0.15, -0.1) is 21.5 Å². The lowest BCUT2D eigenvalue weighted by Gasteiger charge is -2.06. The van der Waals surface area contributed by atoms with E-state index in [0.29, 0.717) is 15.3 Å². The molecule has 2 heterocycles. The van der Waals surface area contributed by atoms with Crippen molar-refractivity contribution in [2.75, 3.05) is 0 Å². The van der Waals surface area contributed by atoms with Crippen molar-refractivity contribution >= 4 is 49.1 Å². The second-order valence-corrected chi connectivity index (χ2v) is 5.99. The normalized spacial score (nSPS) is 12.2. The molecular weight excluding hydrogens is 362 g/mol. The number of hydrogen-bond acceptors (Lipinski definition) is 6. The maximum atomic E-state index is 9.44. The SMILES string of the molecule is N#C[C@H](c1nc2ccccc2s1)c1nc(Cl)nnc1Br. The highest BCUT2D eigenvalue weighted by molar-refractivity contribution is 9.10. The molecule has 0 fully saturated rings. The van der Waals surface area contributed by atoms with E-state index in [1.54, 1.807) is 0 Å². The van der Waals surface area contributed by atoms with Crippen LogP contribution in [0.5, 0.6) is 0 Å². The van der Waals surface area contributed by atoms with Gasteiger partial charge in [-0.1, -0.05) is 12.1 Å². The van der Waals surface area contributed by atoms with Crippen LogP contribution in [-0.4, -0.2) is 20.2 Å². The molecule has 0 unspecified atom stereocenters. The summed E-state index contributed by atoms with van der Waals surface area (Å²) in [6.07, 6.45) is 0. The molecule has 0 aliphatic rings. The average Bonchev–Trinajstić information content (AvgIpc) is 2.87. The fraction of sp³-hybridized carbons (Fsp3) is 0.0833. The quantitative estimate of drug-likeness (QED) is 0.693. The summed E-state index contributed by atoms with van der Waals surface area (Å²) in [5.41, 5.74) is 1.28. The van der Waals surface area contributed by atoms with Crippen LogP contribution >= 0.6 is 38.9 Å². The Morgan fingerprint density at radius 3 is 2.80 bits per heavy atom. The van der Waals surface area contributed by atoms with Crippen LogP contribution in [0.2, 0.25) is 5.28 Å². The Balaban J connectivity index is 2.14. The maximum absolute atomic E-state index is 9.44. The van der Waals surface area contributed by atoms with Crippen molar-refractivity contribution in [3.05, 3.63) is 44.9 Å². The highest BCUT2D eigenvalue weighted by atomic mass is 79.9. The summed E-state index contributed by atoms with van der Waals surface area (Å²) >= 11 is 10.4. The molecule has 0 spiro atoms. The van der Waals surface area contributed by atoms with Gasteiger partial charge in [-0.2, -0.15) is 5.26 Å². The number of thiazole rings is 1. The molecule has 2 aromatic heterocycles. The summed E-state index contributed by atoms with van der Waals surface area (Å²) in [5.74, 6) is -0.630. The Bertz CT molecular complexity index is 795. The zero-order chi connectivity index (χ0) is 14.1. The van der Waals surface area contributed by atoms with Crippen molar-refractivity contribution in [3.63, 3.8) is 0 Å². The number of nitriles is 1. The predicted octanol–water partition coefficient (Wildman–Crippen LogP) is 3.55. The van der Waals surface area contributed by atoms with Crippen LogP contribution in [0.1, 0.15) is 16.6 Å². The van der Waals surface area contributed by atoms with Crippen LogP contribution in [0.4, 0.5) is 0 Å². The number of aromatic nitrogens is 4. The third-order valence-corrected chi connectivity index (χ3v) is 4.43. The number of rotatable bonds is 2. The number of fused-ring (bicyclic) bond motifs is 1. The van der Waals surface area contributed by atoms with Crippen LogP contribution in [0.3, 0.4) is 0 Å². The fourth-order valence-electron chi connectivity index (χ4n) is 1.73. The van der Waals surface area contributed by atoms with Crippen LogP contribution in [0.15, 0.2) is 28.9 Å². The molecule has 0 aliphatic heterocycles. The van der Waals surface area contributed by atoms with E-state index in [4.69, 9.17) is 11.6 Å². The Hall–Kier alpha value is -1.62. The van der Waals surface area contributed by atoms with Crippen molar-refractivity contribution in [3.8, 4) is 6.07 Å². The first-order valence-electron chi connectivity index (χ1n) is 5.49. The molecule has 8 heteroatoms. The monoisotopic (exact) mass is 365 g/mol. The molecule has 20 heavy (non-hydrogen) atoms. The number of hydrogen-bond donors (Lipinski definition) is 0. The molecule has 0 bridgehead atoms. The largest absolute Gasteiger partial charge is 0.243 e. The van der Waals surface area contributed by atoms with Gasteiger partial charge in [0.05, 0.1) is 16.3 Å². The lowest BCUT2D eigenvalue weighted by molar-refractivity contribution is 0.850. The molecule has 0 amide bonds. The van der Waals surface area contributed by atoms with E-state index in [0.717, 1.165) is 10.2 Å². The fourth-order valence-corrected chi connectivity index (χ4v) is 3.28. The van der Waals surface area contributed by atoms with Gasteiger partial charge in [0.1, 0.15) is 16.6 Å². The maximum Gasteiger partial charge on any atom is 0.243 e. The summed E-state index contributed by atoms with van der Waals surface area (Å²) < 4.78 is 1.42. The minimum Gasteiger partial charge on any atom is -0.239 e. The van der Waals surface area contributed by atoms with E-state index in [9.17, 15) is 5.26 Å². The van der Waals surface area contributed by atoms with Crippen LogP contribution in [0.25, 0.3) is 10.2 Å². The standard InChI is InChI=1S/C12H5BrClN5S/c13-10-9(17-12(14)19-18-10)6(5-15)11-16-7-3-1-2-4-8(7)20-11/h1-4,6H/t6-/m0/s1. The van der Waals surface area contributed by atoms with Gasteiger partial charge in [-0.25, -0.2) is 9.97 Å². The van der Waals surface area contributed by atoms with Gasteiger partial charge in [-0.05, 0) is 39.7 Å². The summed E-state index contributed by atoms with van der Waals surface area (Å²) in [6, 6.07) is 9.91. The Morgan fingerprint density at radius 2 is 2.05 bits per heavy atom. The van der Waals surface area contributed by atoms with E-state index < -0.39 is 5.92 Å². The molecule has 0 aliphatic carbocycles. The number of benzene rings is 1. The molecular formula is C12H5BrClN5S. The molecule has 1 atom stereocenters. The number of halogens is 2.